The number of allylic oxidation sites excluding steroid dienone is 4. The summed E-state index contributed by atoms with van der Waals surface area (Å²) in [6.07, 6.45) is 6.03. The summed E-state index contributed by atoms with van der Waals surface area (Å²) in [5, 5.41) is 12.0. The molecule has 0 aliphatic heterocycles. The monoisotopic (exact) mass is 503 g/mol. The van der Waals surface area contributed by atoms with Crippen molar-refractivity contribution < 1.29 is 9.53 Å². The maximum Gasteiger partial charge on any atom is 0.419 e. The number of ether oxygens (including phenoxy) is 1. The van der Waals surface area contributed by atoms with Crippen molar-refractivity contribution in [2.45, 2.75) is 52.7 Å². The Bertz CT molecular complexity index is 1590. The lowest BCUT2D eigenvalue weighted by molar-refractivity contribution is 0.0551. The van der Waals surface area contributed by atoms with Crippen LogP contribution in [0.1, 0.15) is 45.7 Å². The van der Waals surface area contributed by atoms with Gasteiger partial charge in [-0.2, -0.15) is 5.26 Å². The summed E-state index contributed by atoms with van der Waals surface area (Å²) < 4.78 is 7.33. The Morgan fingerprint density at radius 2 is 1.68 bits per heavy atom. The standard InChI is InChI=1S/C33H33N3O2/c1-6-13-24(7-2)31(25-14-9-8-10-15-25)35-26(22-34)20-23-18-19-30-28(21-23)27-16-11-12-17-29(27)36(30)32(37)38-33(3,4)5/h6-19,21,26H,20H2,1-5H3/b13-6-,24-7+,35-31+. The van der Waals surface area contributed by atoms with E-state index in [9.17, 15) is 10.1 Å². The molecule has 0 saturated heterocycles. The Morgan fingerprint density at radius 3 is 2.34 bits per heavy atom. The molecule has 0 fully saturated rings. The van der Waals surface area contributed by atoms with Crippen LogP contribution in [0.15, 0.2) is 102 Å². The highest BCUT2D eigenvalue weighted by Crippen LogP contribution is 2.31. The minimum atomic E-state index is -0.609. The molecule has 192 valence electrons. The first-order valence-electron chi connectivity index (χ1n) is 12.8. The van der Waals surface area contributed by atoms with Gasteiger partial charge in [-0.1, -0.05) is 72.8 Å². The van der Waals surface area contributed by atoms with E-state index in [2.05, 4.69) is 12.1 Å². The Labute approximate surface area is 224 Å². The van der Waals surface area contributed by atoms with Gasteiger partial charge in [0.05, 0.1) is 22.8 Å². The van der Waals surface area contributed by atoms with Crippen LogP contribution in [-0.4, -0.2) is 28.0 Å². The van der Waals surface area contributed by atoms with Gasteiger partial charge in [0.2, 0.25) is 0 Å². The van der Waals surface area contributed by atoms with Gasteiger partial charge in [-0.15, -0.1) is 0 Å². The minimum Gasteiger partial charge on any atom is -0.443 e. The second-order valence-electron chi connectivity index (χ2n) is 10.1. The lowest BCUT2D eigenvalue weighted by Gasteiger charge is -2.20. The normalized spacial score (nSPS) is 13.7. The molecule has 0 aliphatic carbocycles. The van der Waals surface area contributed by atoms with E-state index in [1.807, 2.05) is 120 Å². The first-order chi connectivity index (χ1) is 18.3. The zero-order valence-corrected chi connectivity index (χ0v) is 22.6. The van der Waals surface area contributed by atoms with Gasteiger partial charge >= 0.3 is 6.09 Å². The average molecular weight is 504 g/mol. The molecule has 5 heteroatoms. The van der Waals surface area contributed by atoms with Crippen LogP contribution in [0.4, 0.5) is 4.79 Å². The van der Waals surface area contributed by atoms with Gasteiger partial charge in [0, 0.05) is 22.8 Å². The lowest BCUT2D eigenvalue weighted by Crippen LogP contribution is -2.27. The summed E-state index contributed by atoms with van der Waals surface area (Å²) in [6, 6.07) is 25.5. The number of aromatic nitrogens is 1. The van der Waals surface area contributed by atoms with Crippen LogP contribution in [-0.2, 0) is 11.2 Å². The summed E-state index contributed by atoms with van der Waals surface area (Å²) in [6.45, 7) is 9.52. The van der Waals surface area contributed by atoms with Crippen molar-refractivity contribution in [2.24, 2.45) is 4.99 Å². The summed E-state index contributed by atoms with van der Waals surface area (Å²) in [4.78, 5) is 18.1. The Hall–Kier alpha value is -4.43. The smallest absolute Gasteiger partial charge is 0.419 e. The first kappa shape index (κ1) is 26.6. The third kappa shape index (κ3) is 5.76. The summed E-state index contributed by atoms with van der Waals surface area (Å²) in [5.41, 5.74) is 4.65. The number of rotatable bonds is 6. The van der Waals surface area contributed by atoms with E-state index in [-0.39, 0.29) is 0 Å². The molecule has 3 aromatic carbocycles. The molecule has 0 radical (unpaired) electrons. The highest BCUT2D eigenvalue weighted by Gasteiger charge is 2.22. The Balaban J connectivity index is 1.77. The van der Waals surface area contributed by atoms with Crippen molar-refractivity contribution in [3.05, 3.63) is 108 Å². The molecule has 0 aliphatic rings. The van der Waals surface area contributed by atoms with Crippen molar-refractivity contribution in [3.8, 4) is 6.07 Å². The predicted molar refractivity (Wildman–Crippen MR) is 156 cm³/mol. The molecular formula is C33H33N3O2. The van der Waals surface area contributed by atoms with Gasteiger partial charge in [-0.05, 0) is 64.0 Å². The molecule has 1 heterocycles. The van der Waals surface area contributed by atoms with Crippen molar-refractivity contribution >= 4 is 33.6 Å². The predicted octanol–water partition coefficient (Wildman–Crippen LogP) is 8.02. The molecule has 5 nitrogen and oxygen atoms in total. The Kier molecular flexibility index (Phi) is 7.93. The SMILES string of the molecule is C\C=C/C(=C\C)C(=N\C(C#N)Cc1ccc2c(c1)c1ccccc1n2C(=O)OC(C)(C)C)/c1ccccc1. The number of aliphatic imine (C=N–C) groups is 1. The quantitative estimate of drug-likeness (QED) is 0.198. The summed E-state index contributed by atoms with van der Waals surface area (Å²) in [5.74, 6) is 0. The number of para-hydroxylation sites is 1. The van der Waals surface area contributed by atoms with Gasteiger partial charge in [-0.3, -0.25) is 4.99 Å². The molecule has 1 atom stereocenters. The van der Waals surface area contributed by atoms with Crippen LogP contribution in [0, 0.1) is 11.3 Å². The highest BCUT2D eigenvalue weighted by atomic mass is 16.6. The lowest BCUT2D eigenvalue weighted by atomic mass is 9.99. The maximum absolute atomic E-state index is 13.1. The maximum atomic E-state index is 13.1. The second-order valence-corrected chi connectivity index (χ2v) is 10.1. The number of carbonyl (C=O) groups excluding carboxylic acids is 1. The fourth-order valence-corrected chi connectivity index (χ4v) is 4.55. The van der Waals surface area contributed by atoms with Gasteiger partial charge in [0.1, 0.15) is 11.6 Å². The number of benzene rings is 3. The number of nitrogens with zero attached hydrogens (tertiary/aromatic N) is 3. The van der Waals surface area contributed by atoms with Crippen molar-refractivity contribution in [1.82, 2.24) is 4.57 Å². The van der Waals surface area contributed by atoms with E-state index in [4.69, 9.17) is 9.73 Å². The van der Waals surface area contributed by atoms with E-state index >= 15 is 0 Å². The summed E-state index contributed by atoms with van der Waals surface area (Å²) >= 11 is 0. The van der Waals surface area contributed by atoms with Gasteiger partial charge < -0.3 is 4.74 Å². The Morgan fingerprint density at radius 1 is 1.00 bits per heavy atom. The number of nitriles is 1. The topological polar surface area (TPSA) is 67.4 Å². The number of carbonyl (C=O) groups is 1. The van der Waals surface area contributed by atoms with Crippen LogP contribution < -0.4 is 0 Å². The molecule has 0 bridgehead atoms. The van der Waals surface area contributed by atoms with Crippen molar-refractivity contribution in [1.29, 1.82) is 5.26 Å². The molecule has 4 rings (SSSR count). The van der Waals surface area contributed by atoms with Gasteiger partial charge in [0.25, 0.3) is 0 Å². The number of fused-ring (bicyclic) bond motifs is 3. The minimum absolute atomic E-state index is 0.411. The fraction of sp³-hybridized carbons (Fsp3) is 0.242. The van der Waals surface area contributed by atoms with E-state index in [0.29, 0.717) is 6.42 Å². The molecule has 0 saturated carbocycles. The van der Waals surface area contributed by atoms with Gasteiger partial charge in [-0.25, -0.2) is 9.36 Å². The third-order valence-electron chi connectivity index (χ3n) is 6.15. The zero-order valence-electron chi connectivity index (χ0n) is 22.6. The van der Waals surface area contributed by atoms with Crippen LogP contribution in [0.5, 0.6) is 0 Å². The van der Waals surface area contributed by atoms with E-state index < -0.39 is 17.7 Å². The molecule has 1 aromatic heterocycles. The molecule has 1 unspecified atom stereocenters. The molecule has 0 amide bonds. The number of hydrogen-bond acceptors (Lipinski definition) is 4. The molecule has 0 spiro atoms. The van der Waals surface area contributed by atoms with Crippen molar-refractivity contribution in [2.75, 3.05) is 0 Å². The van der Waals surface area contributed by atoms with Crippen molar-refractivity contribution in [3.63, 3.8) is 0 Å². The highest BCUT2D eigenvalue weighted by molar-refractivity contribution is 6.14. The first-order valence-corrected chi connectivity index (χ1v) is 12.8. The zero-order chi connectivity index (χ0) is 27.3. The van der Waals surface area contributed by atoms with E-state index in [1.165, 1.54) is 0 Å². The third-order valence-corrected chi connectivity index (χ3v) is 6.15. The molecule has 0 N–H and O–H groups in total. The second kappa shape index (κ2) is 11.3. The molecule has 38 heavy (non-hydrogen) atoms. The van der Waals surface area contributed by atoms with Gasteiger partial charge in [0.15, 0.2) is 0 Å². The largest absolute Gasteiger partial charge is 0.443 e. The van der Waals surface area contributed by atoms with E-state index in [0.717, 1.165) is 44.2 Å². The number of hydrogen-bond donors (Lipinski definition) is 0. The van der Waals surface area contributed by atoms with Crippen LogP contribution in [0.25, 0.3) is 21.8 Å². The summed E-state index contributed by atoms with van der Waals surface area (Å²) in [7, 11) is 0. The van der Waals surface area contributed by atoms with E-state index in [1.54, 1.807) is 4.57 Å². The average Bonchev–Trinajstić information content (AvgIpc) is 3.23. The van der Waals surface area contributed by atoms with Crippen LogP contribution in [0.3, 0.4) is 0 Å². The molecule has 4 aromatic rings. The fourth-order valence-electron chi connectivity index (χ4n) is 4.55. The van der Waals surface area contributed by atoms with Crippen LogP contribution >= 0.6 is 0 Å². The van der Waals surface area contributed by atoms with Crippen LogP contribution in [0.2, 0.25) is 0 Å². The molecular weight excluding hydrogens is 470 g/mol.